The average Bonchev–Trinajstić information content (AvgIpc) is 3.15. The van der Waals surface area contributed by atoms with Crippen molar-refractivity contribution in [1.29, 1.82) is 0 Å². The number of aromatic carboxylic acids is 2. The number of rotatable bonds is 16. The van der Waals surface area contributed by atoms with Gasteiger partial charge >= 0.3 is 20.4 Å². The molecule has 4 N–H and O–H groups in total. The summed E-state index contributed by atoms with van der Waals surface area (Å²) in [6.07, 6.45) is 11.5. The van der Waals surface area contributed by atoms with Crippen LogP contribution in [0.25, 0.3) is 0 Å². The molecule has 10 nitrogen and oxygen atoms in total. The Morgan fingerprint density at radius 3 is 1.20 bits per heavy atom. The number of nitrogens with zero attached hydrogens (tertiary/aromatic N) is 2. The molecular weight excluding hydrogens is 779 g/mol. The number of para-hydroxylation sites is 2. The topological polar surface area (TPSA) is 186 Å². The van der Waals surface area contributed by atoms with E-state index in [0.717, 1.165) is 35.6 Å². The largest absolute Gasteiger partial charge is 2.00 e. The van der Waals surface area contributed by atoms with Crippen LogP contribution in [0.3, 0.4) is 0 Å². The fraction of sp³-hybridized carbons (Fsp3) is 0.349. The number of aryl methyl sites for hydroxylation is 2. The first-order valence-corrected chi connectivity index (χ1v) is 18.2. The van der Waals surface area contributed by atoms with Crippen LogP contribution in [0.15, 0.2) is 94.9 Å². The Hall–Kier alpha value is -4.98. The fourth-order valence-electron chi connectivity index (χ4n) is 5.40. The van der Waals surface area contributed by atoms with E-state index in [-0.39, 0.29) is 31.5 Å². The number of phenolic OH excluding ortho intramolecular Hbond substituents is 2. The molecule has 4 aromatic carbocycles. The van der Waals surface area contributed by atoms with Gasteiger partial charge in [0.05, 0.1) is 34.7 Å². The van der Waals surface area contributed by atoms with E-state index in [1.54, 1.807) is 13.8 Å². The molecule has 0 saturated heterocycles. The molecule has 11 heteroatoms. The predicted molar refractivity (Wildman–Crippen MR) is 207 cm³/mol. The van der Waals surface area contributed by atoms with E-state index in [1.165, 1.54) is 69.2 Å². The maximum atomic E-state index is 10.6. The van der Waals surface area contributed by atoms with Crippen molar-refractivity contribution >= 4 is 34.7 Å². The molecule has 0 unspecified atom stereocenters. The molecule has 0 amide bonds. The van der Waals surface area contributed by atoms with Crippen LogP contribution in [-0.4, -0.2) is 43.8 Å². The van der Waals surface area contributed by atoms with E-state index < -0.39 is 34.9 Å². The van der Waals surface area contributed by atoms with Crippen LogP contribution in [-0.2, 0) is 33.3 Å². The Kier molecular flexibility index (Phi) is 22.6. The first-order chi connectivity index (χ1) is 25.5. The van der Waals surface area contributed by atoms with E-state index >= 15 is 0 Å². The van der Waals surface area contributed by atoms with Crippen molar-refractivity contribution in [2.45, 2.75) is 98.3 Å². The predicted octanol–water partition coefficient (Wildman–Crippen LogP) is 8.13. The number of aromatic hydroxyl groups is 4. The molecule has 0 aliphatic carbocycles. The summed E-state index contributed by atoms with van der Waals surface area (Å²) in [4.78, 5) is 31.2. The molecule has 0 spiro atoms. The number of phenols is 4. The molecule has 0 atom stereocenters. The number of benzene rings is 4. The molecule has 0 fully saturated rings. The zero-order valence-electron chi connectivity index (χ0n) is 31.5. The normalized spacial score (nSPS) is 11.0. The molecule has 54 heavy (non-hydrogen) atoms. The second-order valence-corrected chi connectivity index (χ2v) is 12.3. The van der Waals surface area contributed by atoms with Crippen LogP contribution < -0.4 is 10.2 Å². The summed E-state index contributed by atoms with van der Waals surface area (Å²) in [6.45, 7) is 8.00. The molecule has 0 radical (unpaired) electrons. The van der Waals surface area contributed by atoms with Crippen molar-refractivity contribution in [1.82, 2.24) is 0 Å². The number of unbranched alkanes of at least 4 members (excludes halogenated alkanes) is 5. The summed E-state index contributed by atoms with van der Waals surface area (Å²) in [5, 5.41) is 57.6. The maximum Gasteiger partial charge on any atom is 2.00 e. The van der Waals surface area contributed by atoms with E-state index in [2.05, 4.69) is 62.4 Å². The van der Waals surface area contributed by atoms with Gasteiger partial charge in [-0.2, -0.15) is 0 Å². The molecule has 0 bridgehead atoms. The molecule has 4 aromatic rings. The van der Waals surface area contributed by atoms with E-state index in [4.69, 9.17) is 20.2 Å². The quantitative estimate of drug-likeness (QED) is 0.0377. The minimum absolute atomic E-state index is 0. The number of aliphatic imine (C=N–C) groups is 2. The van der Waals surface area contributed by atoms with E-state index in [0.29, 0.717) is 24.0 Å². The minimum atomic E-state index is -1.48. The first kappa shape index (κ1) is 47.0. The van der Waals surface area contributed by atoms with Gasteiger partial charge in [-0.3, -0.25) is 9.98 Å². The van der Waals surface area contributed by atoms with Gasteiger partial charge in [0.25, 0.3) is 0 Å². The number of carboxylic acid groups (broad SMARTS) is 2. The third kappa shape index (κ3) is 15.6. The van der Waals surface area contributed by atoms with Gasteiger partial charge in [-0.15, -0.1) is 0 Å². The maximum absolute atomic E-state index is 10.6. The fourth-order valence-corrected chi connectivity index (χ4v) is 5.40. The van der Waals surface area contributed by atoms with Crippen molar-refractivity contribution in [3.8, 4) is 23.0 Å². The molecule has 0 aliphatic rings. The Bertz CT molecular complexity index is 1730. The smallest absolute Gasteiger partial charge is 0.545 e. The summed E-state index contributed by atoms with van der Waals surface area (Å²) < 4.78 is 0. The number of carboxylic acids is 2. The summed E-state index contributed by atoms with van der Waals surface area (Å²) in [6, 6.07) is 26.0. The van der Waals surface area contributed by atoms with Gasteiger partial charge in [0.15, 0.2) is 23.0 Å². The SMILES string of the molecule is CCCCCCC(=Nc1ccccc1)C(CCCCC)=Nc1ccccc1.CCc1ccc(O)c(O)c1C(=O)[O-].CCc1ccc(O)c(O)c1C(=O)[O-].[Pd+2]. The second kappa shape index (κ2) is 25.9. The van der Waals surface area contributed by atoms with Gasteiger partial charge in [-0.1, -0.05) is 108 Å². The molecule has 4 rings (SSSR count). The summed E-state index contributed by atoms with van der Waals surface area (Å²) in [7, 11) is 0. The Balaban J connectivity index is 0.000000451. The van der Waals surface area contributed by atoms with Crippen LogP contribution in [0.5, 0.6) is 23.0 Å². The zero-order valence-corrected chi connectivity index (χ0v) is 33.0. The molecular formula is C43H52N2O8Pd. The van der Waals surface area contributed by atoms with Crippen LogP contribution >= 0.6 is 0 Å². The van der Waals surface area contributed by atoms with Crippen LogP contribution in [0.4, 0.5) is 11.4 Å². The van der Waals surface area contributed by atoms with Gasteiger partial charge < -0.3 is 40.2 Å². The summed E-state index contributed by atoms with van der Waals surface area (Å²) >= 11 is 0. The van der Waals surface area contributed by atoms with Crippen molar-refractivity contribution in [2.75, 3.05) is 0 Å². The van der Waals surface area contributed by atoms with Gasteiger partial charge in [0.1, 0.15) is 0 Å². The molecule has 0 heterocycles. The molecule has 292 valence electrons. The van der Waals surface area contributed by atoms with Crippen molar-refractivity contribution in [3.63, 3.8) is 0 Å². The summed E-state index contributed by atoms with van der Waals surface area (Å²) in [5.41, 5.74) is 4.60. The Labute approximate surface area is 332 Å². The number of hydrogen-bond donors (Lipinski definition) is 4. The van der Waals surface area contributed by atoms with Gasteiger partial charge in [-0.05, 0) is 86.1 Å². The van der Waals surface area contributed by atoms with Crippen LogP contribution in [0.2, 0.25) is 0 Å². The van der Waals surface area contributed by atoms with Gasteiger partial charge in [0.2, 0.25) is 0 Å². The molecule has 0 aliphatic heterocycles. The Morgan fingerprint density at radius 1 is 0.519 bits per heavy atom. The van der Waals surface area contributed by atoms with Gasteiger partial charge in [-0.25, -0.2) is 0 Å². The van der Waals surface area contributed by atoms with E-state index in [1.807, 2.05) is 12.1 Å². The van der Waals surface area contributed by atoms with Crippen molar-refractivity contribution in [3.05, 3.63) is 107 Å². The minimum Gasteiger partial charge on any atom is -0.545 e. The van der Waals surface area contributed by atoms with Crippen LogP contribution in [0.1, 0.15) is 117 Å². The standard InChI is InChI=1S/C25H34N2.2C9H10O4.Pd/c1-3-5-7-15-21-25(27-23-18-13-9-14-19-23)24(20-10-6-4-2)26-22-16-11-8-12-17-22;2*1-2-5-3-4-6(10)8(11)7(5)9(12)13;/h8-9,11-14,16-19H,3-7,10,15,20-21H2,1-2H3;2*3-4,10-11H,2H2,1H3,(H,12,13);/q;;;+2/p-2. The third-order valence-corrected chi connectivity index (χ3v) is 8.31. The zero-order chi connectivity index (χ0) is 39.2. The Morgan fingerprint density at radius 2 is 0.870 bits per heavy atom. The van der Waals surface area contributed by atoms with Gasteiger partial charge in [0, 0.05) is 11.1 Å². The van der Waals surface area contributed by atoms with E-state index in [9.17, 15) is 30.0 Å². The third-order valence-electron chi connectivity index (χ3n) is 8.31. The summed E-state index contributed by atoms with van der Waals surface area (Å²) in [5.74, 6) is -5.11. The first-order valence-electron chi connectivity index (χ1n) is 18.2. The van der Waals surface area contributed by atoms with Crippen molar-refractivity contribution in [2.24, 2.45) is 9.98 Å². The monoisotopic (exact) mass is 830 g/mol. The molecule has 0 aromatic heterocycles. The number of carbonyl (C=O) groups excluding carboxylic acids is 2. The second-order valence-electron chi connectivity index (χ2n) is 12.3. The average molecular weight is 831 g/mol. The molecule has 0 saturated carbocycles. The van der Waals surface area contributed by atoms with Crippen molar-refractivity contribution < 1.29 is 60.7 Å². The number of carbonyl (C=O) groups is 2. The number of hydrogen-bond acceptors (Lipinski definition) is 10. The van der Waals surface area contributed by atoms with Crippen LogP contribution in [0, 0.1) is 0 Å².